The van der Waals surface area contributed by atoms with Gasteiger partial charge in [-0.2, -0.15) is 0 Å². The third kappa shape index (κ3) is 3.28. The van der Waals surface area contributed by atoms with E-state index < -0.39 is 29.2 Å². The Labute approximate surface area is 137 Å². The highest BCUT2D eigenvalue weighted by Crippen LogP contribution is 2.26. The molecule has 0 saturated carbocycles. The zero-order valence-electron chi connectivity index (χ0n) is 11.8. The van der Waals surface area contributed by atoms with Crippen LogP contribution in [0.3, 0.4) is 0 Å². The Bertz CT molecular complexity index is 926. The Balaban J connectivity index is 1.79. The molecule has 0 fully saturated rings. The van der Waals surface area contributed by atoms with Crippen LogP contribution in [0.2, 0.25) is 0 Å². The highest BCUT2D eigenvalue weighted by molar-refractivity contribution is 7.14. The molecule has 3 aromatic rings. The van der Waals surface area contributed by atoms with Crippen LogP contribution < -0.4 is 5.32 Å². The summed E-state index contributed by atoms with van der Waals surface area (Å²) >= 11 is 1.06. The monoisotopic (exact) mass is 352 g/mol. The normalized spacial score (nSPS) is 10.7. The van der Waals surface area contributed by atoms with Gasteiger partial charge in [0.1, 0.15) is 0 Å². The van der Waals surface area contributed by atoms with Crippen molar-refractivity contribution in [2.75, 3.05) is 5.32 Å². The molecule has 8 heteroatoms. The summed E-state index contributed by atoms with van der Waals surface area (Å²) in [7, 11) is 0. The number of benzene rings is 2. The van der Waals surface area contributed by atoms with Crippen LogP contribution >= 0.6 is 11.3 Å². The number of aromatic nitrogens is 1. The summed E-state index contributed by atoms with van der Waals surface area (Å²) in [6.45, 7) is 0. The number of hydrogen-bond acceptors (Lipinski definition) is 3. The molecule has 0 aliphatic rings. The Morgan fingerprint density at radius 2 is 1.58 bits per heavy atom. The highest BCUT2D eigenvalue weighted by Gasteiger charge is 2.13. The van der Waals surface area contributed by atoms with Crippen molar-refractivity contribution >= 4 is 22.4 Å². The molecule has 1 aromatic heterocycles. The van der Waals surface area contributed by atoms with Crippen LogP contribution in [0, 0.1) is 23.3 Å². The van der Waals surface area contributed by atoms with Crippen LogP contribution in [-0.4, -0.2) is 10.9 Å². The lowest BCUT2D eigenvalue weighted by molar-refractivity contribution is 0.102. The first kappa shape index (κ1) is 16.1. The summed E-state index contributed by atoms with van der Waals surface area (Å²) in [5.74, 6) is -4.83. The fourth-order valence-electron chi connectivity index (χ4n) is 1.93. The predicted octanol–water partition coefficient (Wildman–Crippen LogP) is 4.62. The maximum Gasteiger partial charge on any atom is 0.257 e. The van der Waals surface area contributed by atoms with Gasteiger partial charge in [-0.3, -0.25) is 10.1 Å². The maximum absolute atomic E-state index is 13.2. The van der Waals surface area contributed by atoms with Gasteiger partial charge < -0.3 is 0 Å². The summed E-state index contributed by atoms with van der Waals surface area (Å²) in [5.41, 5.74) is 0.622. The lowest BCUT2D eigenvalue weighted by Gasteiger charge is -2.02. The van der Waals surface area contributed by atoms with E-state index in [1.54, 1.807) is 5.38 Å². The molecule has 1 N–H and O–H groups in total. The number of rotatable bonds is 3. The summed E-state index contributed by atoms with van der Waals surface area (Å²) in [6, 6.07) is 6.08. The molecule has 0 aliphatic carbocycles. The van der Waals surface area contributed by atoms with Gasteiger partial charge in [0.25, 0.3) is 5.91 Å². The minimum atomic E-state index is -1.13. The van der Waals surface area contributed by atoms with E-state index >= 15 is 0 Å². The van der Waals surface area contributed by atoms with Crippen LogP contribution in [-0.2, 0) is 0 Å². The minimum absolute atomic E-state index is 0.0709. The highest BCUT2D eigenvalue weighted by atomic mass is 32.1. The third-order valence-electron chi connectivity index (χ3n) is 3.12. The number of amides is 1. The molecule has 24 heavy (non-hydrogen) atoms. The van der Waals surface area contributed by atoms with Crippen molar-refractivity contribution in [3.63, 3.8) is 0 Å². The van der Waals surface area contributed by atoms with E-state index in [2.05, 4.69) is 10.3 Å². The second kappa shape index (κ2) is 6.40. The van der Waals surface area contributed by atoms with Crippen LogP contribution in [0.5, 0.6) is 0 Å². The largest absolute Gasteiger partial charge is 0.298 e. The van der Waals surface area contributed by atoms with Gasteiger partial charge in [-0.15, -0.1) is 11.3 Å². The molecule has 0 spiro atoms. The van der Waals surface area contributed by atoms with Crippen LogP contribution in [0.4, 0.5) is 22.7 Å². The fraction of sp³-hybridized carbons (Fsp3) is 0. The van der Waals surface area contributed by atoms with E-state index in [1.165, 1.54) is 6.07 Å². The molecule has 0 radical (unpaired) electrons. The molecule has 3 rings (SSSR count). The van der Waals surface area contributed by atoms with Crippen molar-refractivity contribution in [2.24, 2.45) is 0 Å². The summed E-state index contributed by atoms with van der Waals surface area (Å²) in [6.07, 6.45) is 0. The minimum Gasteiger partial charge on any atom is -0.298 e. The molecule has 3 nitrogen and oxygen atoms in total. The zero-order valence-corrected chi connectivity index (χ0v) is 12.6. The maximum atomic E-state index is 13.2. The van der Waals surface area contributed by atoms with Gasteiger partial charge in [0, 0.05) is 16.5 Å². The number of halogens is 4. The van der Waals surface area contributed by atoms with Crippen molar-refractivity contribution in [3.05, 3.63) is 70.6 Å². The van der Waals surface area contributed by atoms with Gasteiger partial charge in [-0.05, 0) is 36.4 Å². The van der Waals surface area contributed by atoms with Crippen molar-refractivity contribution in [1.29, 1.82) is 0 Å². The average Bonchev–Trinajstić information content (AvgIpc) is 3.01. The molecule has 0 unspecified atom stereocenters. The van der Waals surface area contributed by atoms with Crippen LogP contribution in [0.15, 0.2) is 41.8 Å². The fourth-order valence-corrected chi connectivity index (χ4v) is 2.64. The standard InChI is InChI=1S/C16H8F4N2OS/c17-10-3-1-8(5-12(10)19)14-7-24-16(21-14)22-15(23)9-2-4-11(18)13(20)6-9/h1-7H,(H,21,22,23). The van der Waals surface area contributed by atoms with E-state index in [0.29, 0.717) is 11.3 Å². The quantitative estimate of drug-likeness (QED) is 0.699. The number of thiazole rings is 1. The SMILES string of the molecule is O=C(Nc1nc(-c2ccc(F)c(F)c2)cs1)c1ccc(F)c(F)c1. The second-order valence-electron chi connectivity index (χ2n) is 4.75. The Morgan fingerprint density at radius 3 is 2.25 bits per heavy atom. The van der Waals surface area contributed by atoms with Gasteiger partial charge in [-0.25, -0.2) is 22.5 Å². The lowest BCUT2D eigenvalue weighted by atomic mass is 10.2. The van der Waals surface area contributed by atoms with Gasteiger partial charge >= 0.3 is 0 Å². The number of nitrogens with zero attached hydrogens (tertiary/aromatic N) is 1. The Kier molecular flexibility index (Phi) is 4.30. The number of carbonyl (C=O) groups is 1. The molecule has 122 valence electrons. The first-order chi connectivity index (χ1) is 11.4. The van der Waals surface area contributed by atoms with Gasteiger partial charge in [0.2, 0.25) is 0 Å². The molecule has 0 saturated heterocycles. The molecule has 0 bridgehead atoms. The molecule has 2 aromatic carbocycles. The van der Waals surface area contributed by atoms with E-state index in [9.17, 15) is 22.4 Å². The number of carbonyl (C=O) groups excluding carboxylic acids is 1. The van der Waals surface area contributed by atoms with Crippen molar-refractivity contribution < 1.29 is 22.4 Å². The van der Waals surface area contributed by atoms with Gasteiger partial charge in [-0.1, -0.05) is 0 Å². The van der Waals surface area contributed by atoms with Crippen molar-refractivity contribution in [1.82, 2.24) is 4.98 Å². The number of hydrogen-bond donors (Lipinski definition) is 1. The van der Waals surface area contributed by atoms with E-state index in [-0.39, 0.29) is 10.7 Å². The van der Waals surface area contributed by atoms with E-state index in [4.69, 9.17) is 0 Å². The van der Waals surface area contributed by atoms with E-state index in [0.717, 1.165) is 41.7 Å². The first-order valence-corrected chi connectivity index (χ1v) is 7.49. The second-order valence-corrected chi connectivity index (χ2v) is 5.61. The molecule has 0 atom stereocenters. The Morgan fingerprint density at radius 1 is 0.917 bits per heavy atom. The summed E-state index contributed by atoms with van der Waals surface area (Å²) < 4.78 is 52.2. The Hall–Kier alpha value is -2.74. The van der Waals surface area contributed by atoms with Crippen molar-refractivity contribution in [3.8, 4) is 11.3 Å². The molecule has 1 heterocycles. The lowest BCUT2D eigenvalue weighted by Crippen LogP contribution is -2.12. The zero-order chi connectivity index (χ0) is 17.3. The van der Waals surface area contributed by atoms with Crippen LogP contribution in [0.1, 0.15) is 10.4 Å². The third-order valence-corrected chi connectivity index (χ3v) is 3.88. The molecule has 1 amide bonds. The van der Waals surface area contributed by atoms with Crippen LogP contribution in [0.25, 0.3) is 11.3 Å². The first-order valence-electron chi connectivity index (χ1n) is 6.61. The topological polar surface area (TPSA) is 42.0 Å². The van der Waals surface area contributed by atoms with Gasteiger partial charge in [0.15, 0.2) is 28.4 Å². The average molecular weight is 352 g/mol. The molecular weight excluding hydrogens is 344 g/mol. The van der Waals surface area contributed by atoms with Gasteiger partial charge in [0.05, 0.1) is 5.69 Å². The smallest absolute Gasteiger partial charge is 0.257 e. The number of anilines is 1. The molecule has 0 aliphatic heterocycles. The number of nitrogens with one attached hydrogen (secondary N) is 1. The summed E-state index contributed by atoms with van der Waals surface area (Å²) in [4.78, 5) is 16.1. The van der Waals surface area contributed by atoms with Crippen molar-refractivity contribution in [2.45, 2.75) is 0 Å². The molecular formula is C16H8F4N2OS. The summed E-state index contributed by atoms with van der Waals surface area (Å²) in [5, 5.41) is 4.17. The predicted molar refractivity (Wildman–Crippen MR) is 81.8 cm³/mol. The van der Waals surface area contributed by atoms with E-state index in [1.807, 2.05) is 0 Å².